The van der Waals surface area contributed by atoms with Crippen LogP contribution >= 0.6 is 0 Å². The molecule has 1 unspecified atom stereocenters. The molecule has 1 aliphatic rings. The van der Waals surface area contributed by atoms with E-state index in [1.807, 2.05) is 13.8 Å². The molecule has 1 aliphatic carbocycles. The Balaban J connectivity index is 2.64. The van der Waals surface area contributed by atoms with E-state index >= 15 is 0 Å². The molecule has 0 radical (unpaired) electrons. The van der Waals surface area contributed by atoms with Crippen LogP contribution in [0.1, 0.15) is 52.9 Å². The van der Waals surface area contributed by atoms with Crippen LogP contribution in [0.2, 0.25) is 0 Å². The first-order chi connectivity index (χ1) is 6.02. The van der Waals surface area contributed by atoms with Crippen molar-refractivity contribution in [2.24, 2.45) is 5.41 Å². The fourth-order valence-corrected chi connectivity index (χ4v) is 2.38. The molecule has 0 saturated heterocycles. The van der Waals surface area contributed by atoms with Gasteiger partial charge in [0.05, 0.1) is 0 Å². The van der Waals surface area contributed by atoms with Gasteiger partial charge in [-0.3, -0.25) is 5.32 Å². The van der Waals surface area contributed by atoms with Gasteiger partial charge in [-0.05, 0) is 26.3 Å². The van der Waals surface area contributed by atoms with Crippen molar-refractivity contribution in [3.05, 3.63) is 0 Å². The molecule has 0 aromatic carbocycles. The lowest BCUT2D eigenvalue weighted by Gasteiger charge is -2.45. The van der Waals surface area contributed by atoms with Crippen molar-refractivity contribution in [3.63, 3.8) is 0 Å². The largest absolute Gasteiger partial charge is 0.376 e. The van der Waals surface area contributed by atoms with Crippen LogP contribution in [0.25, 0.3) is 0 Å². The zero-order valence-electron chi connectivity index (χ0n) is 9.19. The molecule has 0 heterocycles. The predicted molar refractivity (Wildman–Crippen MR) is 55.5 cm³/mol. The second kappa shape index (κ2) is 3.97. The Labute approximate surface area is 81.7 Å². The summed E-state index contributed by atoms with van der Waals surface area (Å²) in [5.74, 6) is 0. The Bertz CT molecular complexity index is 159. The van der Waals surface area contributed by atoms with E-state index in [9.17, 15) is 5.11 Å². The Morgan fingerprint density at radius 1 is 1.31 bits per heavy atom. The molecule has 0 aromatic rings. The minimum absolute atomic E-state index is 0.0707. The van der Waals surface area contributed by atoms with Gasteiger partial charge < -0.3 is 5.11 Å². The van der Waals surface area contributed by atoms with Crippen molar-refractivity contribution in [2.45, 2.75) is 58.6 Å². The summed E-state index contributed by atoms with van der Waals surface area (Å²) < 4.78 is 0. The van der Waals surface area contributed by atoms with Crippen LogP contribution in [0.5, 0.6) is 0 Å². The molecule has 2 nitrogen and oxygen atoms in total. The lowest BCUT2D eigenvalue weighted by Crippen LogP contribution is -2.55. The monoisotopic (exact) mass is 185 g/mol. The number of nitrogens with one attached hydrogen (secondary N) is 1. The fraction of sp³-hybridized carbons (Fsp3) is 1.00. The highest BCUT2D eigenvalue weighted by atomic mass is 16.3. The van der Waals surface area contributed by atoms with E-state index in [1.54, 1.807) is 0 Å². The van der Waals surface area contributed by atoms with E-state index in [-0.39, 0.29) is 5.41 Å². The van der Waals surface area contributed by atoms with Gasteiger partial charge in [0.2, 0.25) is 0 Å². The van der Waals surface area contributed by atoms with Crippen molar-refractivity contribution in [1.29, 1.82) is 0 Å². The molecule has 1 fully saturated rings. The molecule has 0 aromatic heterocycles. The first kappa shape index (κ1) is 11.0. The maximum Gasteiger partial charge on any atom is 0.118 e. The maximum absolute atomic E-state index is 10.3. The second-order valence-electron chi connectivity index (χ2n) is 4.72. The topological polar surface area (TPSA) is 32.3 Å². The lowest BCUT2D eigenvalue weighted by molar-refractivity contribution is -0.104. The fourth-order valence-electron chi connectivity index (χ4n) is 2.38. The van der Waals surface area contributed by atoms with Crippen LogP contribution in [0.15, 0.2) is 0 Å². The van der Waals surface area contributed by atoms with Crippen LogP contribution in [0.3, 0.4) is 0 Å². The highest BCUT2D eigenvalue weighted by molar-refractivity contribution is 4.92. The summed E-state index contributed by atoms with van der Waals surface area (Å²) in [4.78, 5) is 0. The summed E-state index contributed by atoms with van der Waals surface area (Å²) in [7, 11) is 0. The molecule has 2 heteroatoms. The molecule has 1 rings (SSSR count). The lowest BCUT2D eigenvalue weighted by atomic mass is 9.69. The van der Waals surface area contributed by atoms with Crippen LogP contribution in [0.4, 0.5) is 0 Å². The van der Waals surface area contributed by atoms with E-state index in [0.29, 0.717) is 0 Å². The number of aliphatic hydroxyl groups is 1. The average Bonchev–Trinajstić information content (AvgIpc) is 2.05. The third-order valence-corrected chi connectivity index (χ3v) is 3.65. The number of hydrogen-bond donors (Lipinski definition) is 2. The molecule has 0 spiro atoms. The van der Waals surface area contributed by atoms with Crippen LogP contribution in [-0.2, 0) is 0 Å². The molecule has 1 atom stereocenters. The molecule has 0 bridgehead atoms. The van der Waals surface area contributed by atoms with Crippen molar-refractivity contribution >= 4 is 0 Å². The third kappa shape index (κ3) is 2.23. The highest BCUT2D eigenvalue weighted by Crippen LogP contribution is 2.42. The summed E-state index contributed by atoms with van der Waals surface area (Å²) in [5, 5.41) is 13.5. The van der Waals surface area contributed by atoms with Gasteiger partial charge in [-0.2, -0.15) is 0 Å². The van der Waals surface area contributed by atoms with Gasteiger partial charge in [0.1, 0.15) is 5.72 Å². The van der Waals surface area contributed by atoms with Gasteiger partial charge in [0.25, 0.3) is 0 Å². The predicted octanol–water partition coefficient (Wildman–Crippen LogP) is 2.27. The second-order valence-corrected chi connectivity index (χ2v) is 4.72. The molecule has 78 valence electrons. The Morgan fingerprint density at radius 2 is 1.85 bits per heavy atom. The van der Waals surface area contributed by atoms with Crippen molar-refractivity contribution in [1.82, 2.24) is 5.32 Å². The van der Waals surface area contributed by atoms with E-state index in [4.69, 9.17) is 0 Å². The van der Waals surface area contributed by atoms with Crippen molar-refractivity contribution in [3.8, 4) is 0 Å². The number of hydrogen-bond acceptors (Lipinski definition) is 2. The quantitative estimate of drug-likeness (QED) is 0.661. The van der Waals surface area contributed by atoms with Crippen LogP contribution < -0.4 is 5.32 Å². The SMILES string of the molecule is CCNC(C)(O)C1(C)CCCCC1. The molecular formula is C11H23NO. The van der Waals surface area contributed by atoms with E-state index < -0.39 is 5.72 Å². The third-order valence-electron chi connectivity index (χ3n) is 3.65. The highest BCUT2D eigenvalue weighted by Gasteiger charge is 2.42. The summed E-state index contributed by atoms with van der Waals surface area (Å²) in [6.07, 6.45) is 6.15. The standard InChI is InChI=1S/C11H23NO/c1-4-12-11(3,13)10(2)8-6-5-7-9-10/h12-13H,4-9H2,1-3H3. The zero-order valence-corrected chi connectivity index (χ0v) is 9.19. The zero-order chi connectivity index (χ0) is 9.95. The van der Waals surface area contributed by atoms with Gasteiger partial charge in [0, 0.05) is 5.41 Å². The molecule has 13 heavy (non-hydrogen) atoms. The molecule has 0 aliphatic heterocycles. The van der Waals surface area contributed by atoms with Crippen LogP contribution in [-0.4, -0.2) is 17.4 Å². The average molecular weight is 185 g/mol. The first-order valence-electron chi connectivity index (χ1n) is 5.49. The smallest absolute Gasteiger partial charge is 0.118 e. The van der Waals surface area contributed by atoms with Crippen molar-refractivity contribution in [2.75, 3.05) is 6.54 Å². The van der Waals surface area contributed by atoms with Gasteiger partial charge in [-0.1, -0.05) is 33.1 Å². The van der Waals surface area contributed by atoms with Gasteiger partial charge in [0.15, 0.2) is 0 Å². The first-order valence-corrected chi connectivity index (χ1v) is 5.49. The Morgan fingerprint density at radius 3 is 2.31 bits per heavy atom. The molecular weight excluding hydrogens is 162 g/mol. The summed E-state index contributed by atoms with van der Waals surface area (Å²) in [6, 6.07) is 0. The minimum Gasteiger partial charge on any atom is -0.376 e. The van der Waals surface area contributed by atoms with Gasteiger partial charge in [-0.15, -0.1) is 0 Å². The van der Waals surface area contributed by atoms with Crippen molar-refractivity contribution < 1.29 is 5.11 Å². The maximum atomic E-state index is 10.3. The number of rotatable bonds is 3. The van der Waals surface area contributed by atoms with E-state index in [1.165, 1.54) is 19.3 Å². The summed E-state index contributed by atoms with van der Waals surface area (Å²) in [5.41, 5.74) is -0.622. The minimum atomic E-state index is -0.692. The normalized spacial score (nSPS) is 26.8. The summed E-state index contributed by atoms with van der Waals surface area (Å²) >= 11 is 0. The van der Waals surface area contributed by atoms with E-state index in [0.717, 1.165) is 19.4 Å². The Kier molecular flexibility index (Phi) is 3.36. The van der Waals surface area contributed by atoms with Gasteiger partial charge >= 0.3 is 0 Å². The molecule has 2 N–H and O–H groups in total. The Hall–Kier alpha value is -0.0800. The van der Waals surface area contributed by atoms with Crippen LogP contribution in [0, 0.1) is 5.41 Å². The molecule has 1 saturated carbocycles. The molecule has 0 amide bonds. The van der Waals surface area contributed by atoms with Gasteiger partial charge in [-0.25, -0.2) is 0 Å². The van der Waals surface area contributed by atoms with E-state index in [2.05, 4.69) is 12.2 Å². The summed E-state index contributed by atoms with van der Waals surface area (Å²) in [6.45, 7) is 7.00.